The van der Waals surface area contributed by atoms with Gasteiger partial charge in [0.2, 0.25) is 0 Å². The van der Waals surface area contributed by atoms with Gasteiger partial charge in [0.15, 0.2) is 0 Å². The second kappa shape index (κ2) is 4.67. The second-order valence-corrected chi connectivity index (χ2v) is 6.84. The van der Waals surface area contributed by atoms with Gasteiger partial charge in [0.05, 0.1) is 16.9 Å². The fourth-order valence-corrected chi connectivity index (χ4v) is 2.99. The Balaban J connectivity index is 2.12. The van der Waals surface area contributed by atoms with Crippen LogP contribution in [0.5, 0.6) is 0 Å². The third kappa shape index (κ3) is 2.45. The molecule has 2 rings (SSSR count). The Bertz CT molecular complexity index is 406. The van der Waals surface area contributed by atoms with Crippen LogP contribution in [0.25, 0.3) is 0 Å². The van der Waals surface area contributed by atoms with Crippen LogP contribution >= 0.6 is 0 Å². The Morgan fingerprint density at radius 3 is 2.22 bits per heavy atom. The molecule has 2 unspecified atom stereocenters. The largest absolute Gasteiger partial charge is 0.244 e. The maximum absolute atomic E-state index is 4.36. The summed E-state index contributed by atoms with van der Waals surface area (Å²) < 4.78 is 2.13. The van der Waals surface area contributed by atoms with Crippen LogP contribution in [0, 0.1) is 17.8 Å². The zero-order valence-electron chi connectivity index (χ0n) is 12.7. The lowest BCUT2D eigenvalue weighted by molar-refractivity contribution is 0.333. The van der Waals surface area contributed by atoms with Gasteiger partial charge in [-0.2, -0.15) is 0 Å². The molecule has 18 heavy (non-hydrogen) atoms. The Labute approximate surface area is 111 Å². The van der Waals surface area contributed by atoms with Gasteiger partial charge < -0.3 is 0 Å². The molecular weight excluding hydrogens is 222 g/mol. The summed E-state index contributed by atoms with van der Waals surface area (Å²) >= 11 is 0. The van der Waals surface area contributed by atoms with Crippen LogP contribution in [0.2, 0.25) is 0 Å². The van der Waals surface area contributed by atoms with Crippen LogP contribution in [0.1, 0.15) is 59.4 Å². The van der Waals surface area contributed by atoms with Crippen LogP contribution in [0.15, 0.2) is 0 Å². The average Bonchev–Trinajstić information content (AvgIpc) is 2.74. The fourth-order valence-electron chi connectivity index (χ4n) is 2.99. The first-order valence-electron chi connectivity index (χ1n) is 7.30. The van der Waals surface area contributed by atoms with Crippen LogP contribution in [-0.2, 0) is 18.4 Å². The summed E-state index contributed by atoms with van der Waals surface area (Å²) in [6, 6.07) is 0. The topological polar surface area (TPSA) is 30.7 Å². The maximum atomic E-state index is 4.36. The number of hydrogen-bond acceptors (Lipinski definition) is 2. The molecule has 1 aromatic rings. The van der Waals surface area contributed by atoms with E-state index in [0.717, 1.165) is 30.6 Å². The maximum Gasteiger partial charge on any atom is 0.0856 e. The van der Waals surface area contributed by atoms with Gasteiger partial charge in [0, 0.05) is 0 Å². The highest BCUT2D eigenvalue weighted by Gasteiger charge is 2.42. The molecule has 1 aliphatic carbocycles. The van der Waals surface area contributed by atoms with E-state index >= 15 is 0 Å². The SMILES string of the molecule is CCc1nnn(C(C)(C)C)c1CCC1C(C)[C@H]1C. The molecule has 0 amide bonds. The third-order valence-corrected chi connectivity index (χ3v) is 4.57. The monoisotopic (exact) mass is 249 g/mol. The molecule has 0 spiro atoms. The minimum Gasteiger partial charge on any atom is -0.244 e. The summed E-state index contributed by atoms with van der Waals surface area (Å²) in [4.78, 5) is 0. The van der Waals surface area contributed by atoms with Crippen molar-refractivity contribution in [3.8, 4) is 0 Å². The molecule has 102 valence electrons. The zero-order valence-corrected chi connectivity index (χ0v) is 12.7. The number of hydrogen-bond donors (Lipinski definition) is 0. The van der Waals surface area contributed by atoms with Crippen LogP contribution in [-0.4, -0.2) is 15.0 Å². The first-order valence-corrected chi connectivity index (χ1v) is 7.30. The number of nitrogens with zero attached hydrogens (tertiary/aromatic N) is 3. The Morgan fingerprint density at radius 2 is 1.78 bits per heavy atom. The van der Waals surface area contributed by atoms with Crippen molar-refractivity contribution in [2.24, 2.45) is 17.8 Å². The molecule has 1 heterocycles. The Morgan fingerprint density at radius 1 is 1.17 bits per heavy atom. The molecule has 1 aliphatic rings. The summed E-state index contributed by atoms with van der Waals surface area (Å²) in [6.07, 6.45) is 3.41. The standard InChI is InChI=1S/C15H27N3/c1-7-13-14(9-8-12-10(2)11(12)3)18(17-16-13)15(4,5)6/h10-12H,7-9H2,1-6H3/t10-,11?,12?/m1/s1. The van der Waals surface area contributed by atoms with Gasteiger partial charge >= 0.3 is 0 Å². The number of aryl methyl sites for hydroxylation is 1. The lowest BCUT2D eigenvalue weighted by Crippen LogP contribution is -2.25. The van der Waals surface area contributed by atoms with Gasteiger partial charge in [0.1, 0.15) is 0 Å². The van der Waals surface area contributed by atoms with E-state index in [4.69, 9.17) is 0 Å². The van der Waals surface area contributed by atoms with E-state index in [-0.39, 0.29) is 5.54 Å². The molecule has 0 aromatic carbocycles. The fraction of sp³-hybridized carbons (Fsp3) is 0.867. The van der Waals surface area contributed by atoms with Crippen molar-refractivity contribution in [3.63, 3.8) is 0 Å². The van der Waals surface area contributed by atoms with Gasteiger partial charge in [-0.25, -0.2) is 4.68 Å². The van der Waals surface area contributed by atoms with Crippen molar-refractivity contribution in [2.45, 2.75) is 66.3 Å². The van der Waals surface area contributed by atoms with Crippen molar-refractivity contribution in [3.05, 3.63) is 11.4 Å². The average molecular weight is 249 g/mol. The first-order chi connectivity index (χ1) is 8.36. The van der Waals surface area contributed by atoms with Crippen molar-refractivity contribution < 1.29 is 0 Å². The van der Waals surface area contributed by atoms with E-state index in [0.29, 0.717) is 0 Å². The Hall–Kier alpha value is -0.860. The van der Waals surface area contributed by atoms with Gasteiger partial charge in [-0.1, -0.05) is 26.0 Å². The highest BCUT2D eigenvalue weighted by Crippen LogP contribution is 2.48. The lowest BCUT2D eigenvalue weighted by atomic mass is 10.0. The summed E-state index contributed by atoms with van der Waals surface area (Å²) in [5.74, 6) is 2.74. The molecule has 3 heteroatoms. The molecule has 1 saturated carbocycles. The molecule has 0 saturated heterocycles. The van der Waals surface area contributed by atoms with Crippen LogP contribution in [0.3, 0.4) is 0 Å². The van der Waals surface area contributed by atoms with Crippen molar-refractivity contribution in [1.29, 1.82) is 0 Å². The minimum absolute atomic E-state index is 0.0382. The van der Waals surface area contributed by atoms with E-state index in [1.807, 2.05) is 0 Å². The minimum atomic E-state index is 0.0382. The summed E-state index contributed by atoms with van der Waals surface area (Å²) in [5, 5.41) is 8.71. The molecular formula is C15H27N3. The van der Waals surface area contributed by atoms with E-state index in [9.17, 15) is 0 Å². The van der Waals surface area contributed by atoms with Gasteiger partial charge in [-0.3, -0.25) is 0 Å². The van der Waals surface area contributed by atoms with E-state index in [2.05, 4.69) is 56.5 Å². The van der Waals surface area contributed by atoms with Gasteiger partial charge in [0.25, 0.3) is 0 Å². The van der Waals surface area contributed by atoms with Crippen LogP contribution < -0.4 is 0 Å². The molecule has 0 aliphatic heterocycles. The van der Waals surface area contributed by atoms with E-state index in [1.165, 1.54) is 17.8 Å². The zero-order chi connectivity index (χ0) is 13.5. The second-order valence-electron chi connectivity index (χ2n) is 6.84. The highest BCUT2D eigenvalue weighted by molar-refractivity contribution is 5.13. The molecule has 0 N–H and O–H groups in total. The predicted molar refractivity (Wildman–Crippen MR) is 74.5 cm³/mol. The summed E-state index contributed by atoms with van der Waals surface area (Å²) in [5.41, 5.74) is 2.58. The number of rotatable bonds is 4. The number of aromatic nitrogens is 3. The normalized spacial score (nSPS) is 27.6. The quantitative estimate of drug-likeness (QED) is 0.818. The van der Waals surface area contributed by atoms with E-state index in [1.54, 1.807) is 0 Å². The van der Waals surface area contributed by atoms with Crippen molar-refractivity contribution >= 4 is 0 Å². The first kappa shape index (κ1) is 13.6. The molecule has 3 atom stereocenters. The van der Waals surface area contributed by atoms with Gasteiger partial charge in [-0.15, -0.1) is 5.10 Å². The molecule has 3 nitrogen and oxygen atoms in total. The molecule has 0 bridgehead atoms. The van der Waals surface area contributed by atoms with E-state index < -0.39 is 0 Å². The van der Waals surface area contributed by atoms with Gasteiger partial charge in [-0.05, 0) is 57.8 Å². The summed E-state index contributed by atoms with van der Waals surface area (Å²) in [7, 11) is 0. The molecule has 1 fully saturated rings. The van der Waals surface area contributed by atoms with Crippen molar-refractivity contribution in [2.75, 3.05) is 0 Å². The third-order valence-electron chi connectivity index (χ3n) is 4.57. The lowest BCUT2D eigenvalue weighted by Gasteiger charge is -2.21. The highest BCUT2D eigenvalue weighted by atomic mass is 15.5. The smallest absolute Gasteiger partial charge is 0.0856 e. The molecule has 1 aromatic heterocycles. The predicted octanol–water partition coefficient (Wildman–Crippen LogP) is 3.43. The Kier molecular flexibility index (Phi) is 3.52. The summed E-state index contributed by atoms with van der Waals surface area (Å²) in [6.45, 7) is 13.5. The molecule has 0 radical (unpaired) electrons. The van der Waals surface area contributed by atoms with Crippen LogP contribution in [0.4, 0.5) is 0 Å². The van der Waals surface area contributed by atoms with Crippen molar-refractivity contribution in [1.82, 2.24) is 15.0 Å².